The number of hydrogen-bond donors (Lipinski definition) is 2. The first kappa shape index (κ1) is 19.0. The van der Waals surface area contributed by atoms with E-state index < -0.39 is 0 Å². The number of nitrogens with zero attached hydrogens (tertiary/aromatic N) is 2. The van der Waals surface area contributed by atoms with Crippen LogP contribution in [0.2, 0.25) is 0 Å². The van der Waals surface area contributed by atoms with Crippen molar-refractivity contribution in [2.75, 3.05) is 40.3 Å². The zero-order valence-corrected chi connectivity index (χ0v) is 15.8. The van der Waals surface area contributed by atoms with Crippen molar-refractivity contribution >= 4 is 11.9 Å². The van der Waals surface area contributed by atoms with E-state index >= 15 is 0 Å². The molecule has 1 aliphatic heterocycles. The lowest BCUT2D eigenvalue weighted by molar-refractivity contribution is -0.138. The number of guanidine groups is 1. The molecule has 24 heavy (non-hydrogen) atoms. The van der Waals surface area contributed by atoms with Crippen LogP contribution in [-0.4, -0.2) is 62.7 Å². The van der Waals surface area contributed by atoms with Crippen molar-refractivity contribution in [1.82, 2.24) is 15.5 Å². The molecule has 0 spiro atoms. The normalized spacial score (nSPS) is 26.4. The molecule has 0 aromatic heterocycles. The molecule has 6 heteroatoms. The van der Waals surface area contributed by atoms with Crippen molar-refractivity contribution < 1.29 is 9.53 Å². The fourth-order valence-corrected chi connectivity index (χ4v) is 3.79. The zero-order chi connectivity index (χ0) is 17.6. The standard InChI is InChI=1S/C18H34N4O2/c1-5-19-16(20-13-17(2)9-8-12-24-17)21-14-18(10-6-7-11-18)15(23)22(3)4/h5-14H2,1-4H3,(H2,19,20,21). The molecule has 1 saturated heterocycles. The lowest BCUT2D eigenvalue weighted by Crippen LogP contribution is -2.49. The average molecular weight is 338 g/mol. The monoisotopic (exact) mass is 338 g/mol. The van der Waals surface area contributed by atoms with Crippen LogP contribution in [0.3, 0.4) is 0 Å². The van der Waals surface area contributed by atoms with E-state index in [4.69, 9.17) is 9.73 Å². The second-order valence-corrected chi connectivity index (χ2v) is 7.64. The first-order chi connectivity index (χ1) is 11.4. The molecule has 6 nitrogen and oxygen atoms in total. The lowest BCUT2D eigenvalue weighted by Gasteiger charge is -2.31. The fraction of sp³-hybridized carbons (Fsp3) is 0.889. The molecule has 1 amide bonds. The first-order valence-electron chi connectivity index (χ1n) is 9.29. The molecule has 2 rings (SSSR count). The minimum absolute atomic E-state index is 0.146. The second kappa shape index (κ2) is 8.19. The summed E-state index contributed by atoms with van der Waals surface area (Å²) in [6, 6.07) is 0. The summed E-state index contributed by atoms with van der Waals surface area (Å²) < 4.78 is 5.81. The van der Waals surface area contributed by atoms with Crippen LogP contribution in [-0.2, 0) is 9.53 Å². The van der Waals surface area contributed by atoms with Crippen LogP contribution in [0.4, 0.5) is 0 Å². The van der Waals surface area contributed by atoms with E-state index in [1.54, 1.807) is 4.90 Å². The van der Waals surface area contributed by atoms with Gasteiger partial charge >= 0.3 is 0 Å². The van der Waals surface area contributed by atoms with Gasteiger partial charge in [-0.25, -0.2) is 0 Å². The van der Waals surface area contributed by atoms with Gasteiger partial charge in [-0.05, 0) is 39.5 Å². The SMILES string of the molecule is CCNC(=NCC1(C)CCCO1)NCC1(C(=O)N(C)C)CCCC1. The Morgan fingerprint density at radius 2 is 1.88 bits per heavy atom. The van der Waals surface area contributed by atoms with Crippen LogP contribution in [0.25, 0.3) is 0 Å². The van der Waals surface area contributed by atoms with Gasteiger partial charge in [0.1, 0.15) is 0 Å². The Labute approximate surface area is 146 Å². The molecule has 138 valence electrons. The molecular formula is C18H34N4O2. The van der Waals surface area contributed by atoms with E-state index in [-0.39, 0.29) is 16.9 Å². The molecule has 0 radical (unpaired) electrons. The Bertz CT molecular complexity index is 450. The summed E-state index contributed by atoms with van der Waals surface area (Å²) in [7, 11) is 3.69. The van der Waals surface area contributed by atoms with Crippen molar-refractivity contribution in [2.45, 2.75) is 58.0 Å². The largest absolute Gasteiger partial charge is 0.373 e. The molecule has 0 aromatic rings. The highest BCUT2D eigenvalue weighted by atomic mass is 16.5. The van der Waals surface area contributed by atoms with E-state index in [0.717, 1.165) is 57.6 Å². The molecule has 1 aliphatic carbocycles. The molecule has 1 heterocycles. The van der Waals surface area contributed by atoms with E-state index in [1.165, 1.54) is 0 Å². The van der Waals surface area contributed by atoms with Gasteiger partial charge in [0.25, 0.3) is 0 Å². The van der Waals surface area contributed by atoms with Crippen LogP contribution in [0.15, 0.2) is 4.99 Å². The van der Waals surface area contributed by atoms with Crippen molar-refractivity contribution in [3.05, 3.63) is 0 Å². The molecule has 2 aliphatic rings. The highest BCUT2D eigenvalue weighted by Gasteiger charge is 2.42. The number of rotatable bonds is 6. The van der Waals surface area contributed by atoms with Crippen LogP contribution in [0.5, 0.6) is 0 Å². The number of nitrogens with one attached hydrogen (secondary N) is 2. The number of carbonyl (C=O) groups excluding carboxylic acids is 1. The predicted molar refractivity (Wildman–Crippen MR) is 97.2 cm³/mol. The Hall–Kier alpha value is -1.30. The maximum Gasteiger partial charge on any atom is 0.230 e. The molecular weight excluding hydrogens is 304 g/mol. The number of aliphatic imine (C=N–C) groups is 1. The van der Waals surface area contributed by atoms with Gasteiger partial charge in [-0.2, -0.15) is 0 Å². The molecule has 1 atom stereocenters. The number of amides is 1. The molecule has 0 bridgehead atoms. The van der Waals surface area contributed by atoms with Gasteiger partial charge in [0, 0.05) is 33.8 Å². The molecule has 1 unspecified atom stereocenters. The van der Waals surface area contributed by atoms with Crippen LogP contribution >= 0.6 is 0 Å². The summed E-state index contributed by atoms with van der Waals surface area (Å²) in [5.74, 6) is 1.02. The third-order valence-electron chi connectivity index (χ3n) is 5.23. The average Bonchev–Trinajstić information content (AvgIpc) is 3.20. The van der Waals surface area contributed by atoms with Gasteiger partial charge in [0.05, 0.1) is 17.6 Å². The maximum atomic E-state index is 12.7. The van der Waals surface area contributed by atoms with Crippen LogP contribution < -0.4 is 10.6 Å². The van der Waals surface area contributed by atoms with Gasteiger partial charge in [0.15, 0.2) is 5.96 Å². The smallest absolute Gasteiger partial charge is 0.230 e. The zero-order valence-electron chi connectivity index (χ0n) is 15.8. The summed E-state index contributed by atoms with van der Waals surface area (Å²) in [6.45, 7) is 7.11. The van der Waals surface area contributed by atoms with Crippen molar-refractivity contribution in [1.29, 1.82) is 0 Å². The third kappa shape index (κ3) is 4.62. The molecule has 0 aromatic carbocycles. The Morgan fingerprint density at radius 1 is 1.17 bits per heavy atom. The van der Waals surface area contributed by atoms with Crippen molar-refractivity contribution in [3.63, 3.8) is 0 Å². The quantitative estimate of drug-likeness (QED) is 0.572. The van der Waals surface area contributed by atoms with Crippen molar-refractivity contribution in [3.8, 4) is 0 Å². The van der Waals surface area contributed by atoms with Gasteiger partial charge in [-0.3, -0.25) is 9.79 Å². The number of carbonyl (C=O) groups is 1. The van der Waals surface area contributed by atoms with E-state index in [9.17, 15) is 4.79 Å². The van der Waals surface area contributed by atoms with E-state index in [0.29, 0.717) is 13.1 Å². The van der Waals surface area contributed by atoms with Crippen molar-refractivity contribution in [2.24, 2.45) is 10.4 Å². The third-order valence-corrected chi connectivity index (χ3v) is 5.23. The second-order valence-electron chi connectivity index (χ2n) is 7.64. The molecule has 2 fully saturated rings. The Kier molecular flexibility index (Phi) is 6.49. The first-order valence-corrected chi connectivity index (χ1v) is 9.29. The van der Waals surface area contributed by atoms with Gasteiger partial charge in [0.2, 0.25) is 5.91 Å². The van der Waals surface area contributed by atoms with Gasteiger partial charge in [-0.15, -0.1) is 0 Å². The summed E-state index contributed by atoms with van der Waals surface area (Å²) in [5.41, 5.74) is -0.430. The van der Waals surface area contributed by atoms with Crippen LogP contribution in [0, 0.1) is 5.41 Å². The van der Waals surface area contributed by atoms with Crippen LogP contribution in [0.1, 0.15) is 52.4 Å². The fourth-order valence-electron chi connectivity index (χ4n) is 3.79. The topological polar surface area (TPSA) is 66.0 Å². The Balaban J connectivity index is 1.99. The van der Waals surface area contributed by atoms with Gasteiger partial charge < -0.3 is 20.3 Å². The lowest BCUT2D eigenvalue weighted by atomic mass is 9.84. The number of hydrogen-bond acceptors (Lipinski definition) is 3. The summed E-state index contributed by atoms with van der Waals surface area (Å²) in [4.78, 5) is 19.1. The highest BCUT2D eigenvalue weighted by molar-refractivity contribution is 5.85. The highest BCUT2D eigenvalue weighted by Crippen LogP contribution is 2.38. The summed E-state index contributed by atoms with van der Waals surface area (Å²) in [6.07, 6.45) is 6.32. The molecule has 2 N–H and O–H groups in total. The minimum Gasteiger partial charge on any atom is -0.373 e. The van der Waals surface area contributed by atoms with E-state index in [2.05, 4.69) is 24.5 Å². The summed E-state index contributed by atoms with van der Waals surface area (Å²) in [5, 5.41) is 6.71. The molecule has 1 saturated carbocycles. The maximum absolute atomic E-state index is 12.7. The Morgan fingerprint density at radius 3 is 2.42 bits per heavy atom. The number of ether oxygens (including phenoxy) is 1. The van der Waals surface area contributed by atoms with Gasteiger partial charge in [-0.1, -0.05) is 12.8 Å². The summed E-state index contributed by atoms with van der Waals surface area (Å²) >= 11 is 0. The predicted octanol–water partition coefficient (Wildman–Crippen LogP) is 1.76. The minimum atomic E-state index is -0.284. The van der Waals surface area contributed by atoms with E-state index in [1.807, 2.05) is 14.1 Å².